The van der Waals surface area contributed by atoms with Crippen LogP contribution in [0.2, 0.25) is 5.02 Å². The first-order chi connectivity index (χ1) is 6.15. The van der Waals surface area contributed by atoms with Crippen molar-refractivity contribution < 1.29 is 8.76 Å². The average Bonchev–Trinajstić information content (AvgIpc) is 2.03. The number of benzene rings is 1. The molecule has 4 nitrogen and oxygen atoms in total. The minimum Gasteiger partial charge on any atom is -0.289 e. The Hall–Kier alpha value is -1.09. The zero-order chi connectivity index (χ0) is 9.84. The van der Waals surface area contributed by atoms with Gasteiger partial charge < -0.3 is 0 Å². The monoisotopic (exact) mass is 216 g/mol. The van der Waals surface area contributed by atoms with Crippen LogP contribution in [0, 0.1) is 11.3 Å². The highest BCUT2D eigenvalue weighted by Gasteiger charge is 2.06. The van der Waals surface area contributed by atoms with Crippen molar-refractivity contribution in [1.82, 2.24) is 0 Å². The first-order valence-electron chi connectivity index (χ1n) is 3.21. The summed E-state index contributed by atoms with van der Waals surface area (Å²) in [6, 6.07) is 6.44. The summed E-state index contributed by atoms with van der Waals surface area (Å²) in [7, 11) is 0. The van der Waals surface area contributed by atoms with Crippen molar-refractivity contribution in [2.45, 2.75) is 0 Å². The van der Waals surface area contributed by atoms with E-state index < -0.39 is 11.3 Å². The first-order valence-corrected chi connectivity index (χ1v) is 4.69. The highest BCUT2D eigenvalue weighted by atomic mass is 35.5. The number of nitrogens with one attached hydrogen (secondary N) is 1. The Morgan fingerprint density at radius 3 is 2.85 bits per heavy atom. The highest BCUT2D eigenvalue weighted by Crippen LogP contribution is 2.23. The molecule has 2 N–H and O–H groups in total. The molecule has 0 aliphatic rings. The van der Waals surface area contributed by atoms with Crippen LogP contribution in [-0.2, 0) is 11.3 Å². The molecule has 0 radical (unpaired) electrons. The van der Waals surface area contributed by atoms with E-state index in [2.05, 4.69) is 4.72 Å². The van der Waals surface area contributed by atoms with Gasteiger partial charge >= 0.3 is 0 Å². The maximum atomic E-state index is 10.4. The summed E-state index contributed by atoms with van der Waals surface area (Å²) in [6.45, 7) is 0. The van der Waals surface area contributed by atoms with Crippen molar-refractivity contribution in [3.05, 3.63) is 28.8 Å². The van der Waals surface area contributed by atoms with Crippen LogP contribution in [0.15, 0.2) is 18.2 Å². The van der Waals surface area contributed by atoms with Gasteiger partial charge in [0.2, 0.25) is 0 Å². The van der Waals surface area contributed by atoms with Crippen molar-refractivity contribution in [3.8, 4) is 6.07 Å². The van der Waals surface area contributed by atoms with E-state index in [1.165, 1.54) is 12.1 Å². The average molecular weight is 217 g/mol. The van der Waals surface area contributed by atoms with Gasteiger partial charge in [-0.3, -0.25) is 9.27 Å². The lowest BCUT2D eigenvalue weighted by atomic mass is 10.2. The van der Waals surface area contributed by atoms with Gasteiger partial charge in [-0.25, -0.2) is 4.21 Å². The number of hydrogen-bond donors (Lipinski definition) is 2. The minimum atomic E-state index is -2.20. The third-order valence-corrected chi connectivity index (χ3v) is 2.03. The molecule has 1 atom stereocenters. The van der Waals surface area contributed by atoms with Crippen molar-refractivity contribution in [3.63, 3.8) is 0 Å². The Balaban J connectivity index is 3.14. The predicted molar refractivity (Wildman–Crippen MR) is 50.6 cm³/mol. The summed E-state index contributed by atoms with van der Waals surface area (Å²) in [6.07, 6.45) is 0. The van der Waals surface area contributed by atoms with E-state index in [4.69, 9.17) is 21.4 Å². The molecule has 68 valence electrons. The van der Waals surface area contributed by atoms with Gasteiger partial charge in [-0.1, -0.05) is 17.7 Å². The summed E-state index contributed by atoms with van der Waals surface area (Å²) >= 11 is 3.47. The maximum Gasteiger partial charge on any atom is 0.259 e. The van der Waals surface area contributed by atoms with Crippen LogP contribution in [0.1, 0.15) is 5.56 Å². The molecule has 13 heavy (non-hydrogen) atoms. The standard InChI is InChI=1S/C7H5ClN2O2S/c8-6-2-1-3-7(5(6)4-9)10-13(11)12/h1-3,10H,(H,11,12). The summed E-state index contributed by atoms with van der Waals surface area (Å²) in [4.78, 5) is 0. The Labute approximate surface area is 82.6 Å². The second-order valence-electron chi connectivity index (χ2n) is 2.13. The van der Waals surface area contributed by atoms with E-state index in [1.807, 2.05) is 6.07 Å². The largest absolute Gasteiger partial charge is 0.289 e. The molecule has 1 rings (SSSR count). The fourth-order valence-electron chi connectivity index (χ4n) is 0.817. The molecule has 1 aromatic rings. The molecular formula is C7H5ClN2O2S. The van der Waals surface area contributed by atoms with Gasteiger partial charge in [0.1, 0.15) is 6.07 Å². The second kappa shape index (κ2) is 4.23. The lowest BCUT2D eigenvalue weighted by Gasteiger charge is -2.03. The number of nitriles is 1. The zero-order valence-corrected chi connectivity index (χ0v) is 7.89. The normalized spacial score (nSPS) is 11.8. The molecule has 0 amide bonds. The van der Waals surface area contributed by atoms with Gasteiger partial charge in [-0.2, -0.15) is 5.26 Å². The van der Waals surface area contributed by atoms with Crippen LogP contribution in [-0.4, -0.2) is 8.76 Å². The summed E-state index contributed by atoms with van der Waals surface area (Å²) in [5, 5.41) is 8.91. The molecule has 0 bridgehead atoms. The number of anilines is 1. The van der Waals surface area contributed by atoms with E-state index in [0.717, 1.165) is 0 Å². The van der Waals surface area contributed by atoms with E-state index >= 15 is 0 Å². The van der Waals surface area contributed by atoms with Crippen LogP contribution in [0.5, 0.6) is 0 Å². The van der Waals surface area contributed by atoms with Crippen LogP contribution >= 0.6 is 11.6 Å². The first kappa shape index (κ1) is 9.99. The fraction of sp³-hybridized carbons (Fsp3) is 0. The van der Waals surface area contributed by atoms with Crippen LogP contribution < -0.4 is 4.72 Å². The molecule has 0 heterocycles. The highest BCUT2D eigenvalue weighted by molar-refractivity contribution is 7.80. The second-order valence-corrected chi connectivity index (χ2v) is 3.24. The fourth-order valence-corrected chi connectivity index (χ4v) is 1.39. The number of hydrogen-bond acceptors (Lipinski definition) is 2. The van der Waals surface area contributed by atoms with E-state index in [-0.39, 0.29) is 16.3 Å². The SMILES string of the molecule is N#Cc1c(Cl)cccc1NS(=O)O. The van der Waals surface area contributed by atoms with Crippen LogP contribution in [0.25, 0.3) is 0 Å². The van der Waals surface area contributed by atoms with Crippen molar-refractivity contribution in [1.29, 1.82) is 5.26 Å². The quantitative estimate of drug-likeness (QED) is 0.740. The molecule has 0 aromatic heterocycles. The van der Waals surface area contributed by atoms with Gasteiger partial charge in [0.15, 0.2) is 0 Å². The predicted octanol–water partition coefficient (Wildman–Crippen LogP) is 1.76. The Bertz CT molecular complexity index is 389. The lowest BCUT2D eigenvalue weighted by Crippen LogP contribution is -2.03. The van der Waals surface area contributed by atoms with Crippen molar-refractivity contribution in [2.75, 3.05) is 4.72 Å². The molecule has 0 spiro atoms. The van der Waals surface area contributed by atoms with Crippen LogP contribution in [0.3, 0.4) is 0 Å². The molecule has 1 unspecified atom stereocenters. The number of rotatable bonds is 2. The molecule has 0 saturated carbocycles. The van der Waals surface area contributed by atoms with Gasteiger partial charge in [0, 0.05) is 0 Å². The zero-order valence-electron chi connectivity index (χ0n) is 6.32. The van der Waals surface area contributed by atoms with Crippen molar-refractivity contribution >= 4 is 28.6 Å². The Kier molecular flexibility index (Phi) is 3.25. The third kappa shape index (κ3) is 2.42. The van der Waals surface area contributed by atoms with Gasteiger partial charge in [0.05, 0.1) is 16.3 Å². The number of halogens is 1. The van der Waals surface area contributed by atoms with E-state index in [0.29, 0.717) is 0 Å². The van der Waals surface area contributed by atoms with Crippen LogP contribution in [0.4, 0.5) is 5.69 Å². The summed E-state index contributed by atoms with van der Waals surface area (Å²) < 4.78 is 21.1. The van der Waals surface area contributed by atoms with Crippen molar-refractivity contribution in [2.24, 2.45) is 0 Å². The topological polar surface area (TPSA) is 73.1 Å². The molecule has 0 aliphatic carbocycles. The minimum absolute atomic E-state index is 0.159. The molecule has 0 aliphatic heterocycles. The van der Waals surface area contributed by atoms with E-state index in [1.54, 1.807) is 6.07 Å². The number of nitrogens with zero attached hydrogens (tertiary/aromatic N) is 1. The Morgan fingerprint density at radius 2 is 2.31 bits per heavy atom. The van der Waals surface area contributed by atoms with E-state index in [9.17, 15) is 4.21 Å². The smallest absolute Gasteiger partial charge is 0.259 e. The third-order valence-electron chi connectivity index (χ3n) is 1.32. The van der Waals surface area contributed by atoms with Gasteiger partial charge in [-0.05, 0) is 12.1 Å². The Morgan fingerprint density at radius 1 is 1.62 bits per heavy atom. The molecular weight excluding hydrogens is 212 g/mol. The van der Waals surface area contributed by atoms with Gasteiger partial charge in [-0.15, -0.1) is 0 Å². The van der Waals surface area contributed by atoms with Gasteiger partial charge in [0.25, 0.3) is 11.3 Å². The summed E-state index contributed by atoms with van der Waals surface area (Å²) in [5.41, 5.74) is 0.405. The molecule has 1 aromatic carbocycles. The molecule has 0 fully saturated rings. The lowest BCUT2D eigenvalue weighted by molar-refractivity contribution is 0.570. The maximum absolute atomic E-state index is 10.4. The molecule has 6 heteroatoms. The summed E-state index contributed by atoms with van der Waals surface area (Å²) in [5.74, 6) is 0. The molecule has 0 saturated heterocycles.